The number of hydrogen-bond donors (Lipinski definition) is 1. The number of nitrogens with two attached hydrogens (primary N) is 1. The molecule has 1 aromatic heterocycles. The highest BCUT2D eigenvalue weighted by Crippen LogP contribution is 2.42. The molecule has 1 aliphatic carbocycles. The van der Waals surface area contributed by atoms with Crippen LogP contribution < -0.4 is 5.73 Å². The van der Waals surface area contributed by atoms with E-state index < -0.39 is 11.8 Å². The molecule has 1 aromatic rings. The van der Waals surface area contributed by atoms with Gasteiger partial charge >= 0.3 is 0 Å². The van der Waals surface area contributed by atoms with E-state index in [0.29, 0.717) is 18.4 Å². The number of aromatic nitrogens is 1. The molecular formula is C14H18F2N2O. The highest BCUT2D eigenvalue weighted by atomic mass is 19.3. The first-order valence-corrected chi connectivity index (χ1v) is 6.45. The highest BCUT2D eigenvalue weighted by molar-refractivity contribution is 5.96. The van der Waals surface area contributed by atoms with Crippen LogP contribution in [0.25, 0.3) is 0 Å². The monoisotopic (exact) mass is 268 g/mol. The summed E-state index contributed by atoms with van der Waals surface area (Å²) in [6, 6.07) is 0. The standard InChI is InChI=1S/C14H18F2N2O/c1-8-9(2)18-7-11(12(8)13(17)19)10-3-5-14(15,16)6-4-10/h7,10H,3-6H2,1-2H3,(H2,17,19). The van der Waals surface area contributed by atoms with Gasteiger partial charge in [0, 0.05) is 30.3 Å². The average Bonchev–Trinajstić information content (AvgIpc) is 2.32. The van der Waals surface area contributed by atoms with Crippen molar-refractivity contribution < 1.29 is 13.6 Å². The number of alkyl halides is 2. The zero-order valence-corrected chi connectivity index (χ0v) is 11.2. The fourth-order valence-corrected chi connectivity index (χ4v) is 2.71. The Morgan fingerprint density at radius 3 is 2.47 bits per heavy atom. The Morgan fingerprint density at radius 2 is 1.95 bits per heavy atom. The zero-order chi connectivity index (χ0) is 14.2. The molecule has 0 aromatic carbocycles. The molecular weight excluding hydrogens is 250 g/mol. The van der Waals surface area contributed by atoms with Crippen molar-refractivity contribution in [2.75, 3.05) is 0 Å². The van der Waals surface area contributed by atoms with Crippen LogP contribution >= 0.6 is 0 Å². The van der Waals surface area contributed by atoms with Gasteiger partial charge in [-0.2, -0.15) is 0 Å². The van der Waals surface area contributed by atoms with Crippen LogP contribution in [0.1, 0.15) is 58.8 Å². The molecule has 0 bridgehead atoms. The van der Waals surface area contributed by atoms with Gasteiger partial charge < -0.3 is 5.73 Å². The van der Waals surface area contributed by atoms with E-state index in [1.54, 1.807) is 20.0 Å². The molecule has 1 amide bonds. The molecule has 0 spiro atoms. The van der Waals surface area contributed by atoms with Crippen LogP contribution in [0.5, 0.6) is 0 Å². The van der Waals surface area contributed by atoms with Crippen molar-refractivity contribution >= 4 is 5.91 Å². The Kier molecular flexibility index (Phi) is 3.56. The maximum atomic E-state index is 13.2. The smallest absolute Gasteiger partial charge is 0.249 e. The van der Waals surface area contributed by atoms with E-state index in [2.05, 4.69) is 4.98 Å². The number of nitrogens with zero attached hydrogens (tertiary/aromatic N) is 1. The van der Waals surface area contributed by atoms with Crippen molar-refractivity contribution in [3.63, 3.8) is 0 Å². The van der Waals surface area contributed by atoms with Crippen molar-refractivity contribution in [1.29, 1.82) is 0 Å². The molecule has 0 atom stereocenters. The molecule has 1 aliphatic rings. The van der Waals surface area contributed by atoms with E-state index in [-0.39, 0.29) is 18.8 Å². The summed E-state index contributed by atoms with van der Waals surface area (Å²) < 4.78 is 26.4. The number of pyridine rings is 1. The van der Waals surface area contributed by atoms with Gasteiger partial charge in [-0.1, -0.05) is 0 Å². The number of halogens is 2. The van der Waals surface area contributed by atoms with Gasteiger partial charge in [0.25, 0.3) is 0 Å². The van der Waals surface area contributed by atoms with E-state index in [1.807, 2.05) is 0 Å². The van der Waals surface area contributed by atoms with Crippen LogP contribution in [0.2, 0.25) is 0 Å². The Morgan fingerprint density at radius 1 is 1.37 bits per heavy atom. The first kappa shape index (κ1) is 13.9. The number of hydrogen-bond acceptors (Lipinski definition) is 2. The summed E-state index contributed by atoms with van der Waals surface area (Å²) in [7, 11) is 0. The molecule has 2 N–H and O–H groups in total. The molecule has 0 aliphatic heterocycles. The van der Waals surface area contributed by atoms with Gasteiger partial charge in [-0.25, -0.2) is 8.78 Å². The SMILES string of the molecule is Cc1ncc(C2CCC(F)(F)CC2)c(C(N)=O)c1C. The number of aryl methyl sites for hydroxylation is 1. The van der Waals surface area contributed by atoms with E-state index in [4.69, 9.17) is 5.73 Å². The van der Waals surface area contributed by atoms with E-state index >= 15 is 0 Å². The summed E-state index contributed by atoms with van der Waals surface area (Å²) >= 11 is 0. The van der Waals surface area contributed by atoms with Crippen molar-refractivity contribution in [3.05, 3.63) is 28.6 Å². The van der Waals surface area contributed by atoms with Crippen LogP contribution in [0.15, 0.2) is 6.20 Å². The second-order valence-corrected chi connectivity index (χ2v) is 5.29. The molecule has 19 heavy (non-hydrogen) atoms. The maximum Gasteiger partial charge on any atom is 0.249 e. The predicted molar refractivity (Wildman–Crippen MR) is 68.4 cm³/mol. The average molecular weight is 268 g/mol. The van der Waals surface area contributed by atoms with Crippen LogP contribution in [0, 0.1) is 13.8 Å². The van der Waals surface area contributed by atoms with Crippen molar-refractivity contribution in [2.24, 2.45) is 5.73 Å². The largest absolute Gasteiger partial charge is 0.366 e. The third-order valence-corrected chi connectivity index (χ3v) is 4.01. The molecule has 5 heteroatoms. The molecule has 1 fully saturated rings. The first-order valence-electron chi connectivity index (χ1n) is 6.45. The summed E-state index contributed by atoms with van der Waals surface area (Å²) in [6.07, 6.45) is 2.09. The number of carbonyl (C=O) groups excluding carboxylic acids is 1. The lowest BCUT2D eigenvalue weighted by Gasteiger charge is -2.29. The van der Waals surface area contributed by atoms with Crippen molar-refractivity contribution in [3.8, 4) is 0 Å². The van der Waals surface area contributed by atoms with Crippen LogP contribution in [0.4, 0.5) is 8.78 Å². The van der Waals surface area contributed by atoms with Gasteiger partial charge in [0.05, 0.1) is 0 Å². The molecule has 1 heterocycles. The number of carbonyl (C=O) groups is 1. The summed E-state index contributed by atoms with van der Waals surface area (Å²) in [5.74, 6) is -3.12. The fourth-order valence-electron chi connectivity index (χ4n) is 2.71. The van der Waals surface area contributed by atoms with Crippen LogP contribution in [0.3, 0.4) is 0 Å². The number of rotatable bonds is 2. The number of primary amides is 1. The lowest BCUT2D eigenvalue weighted by molar-refractivity contribution is -0.0382. The topological polar surface area (TPSA) is 56.0 Å². The minimum absolute atomic E-state index is 0.0473. The van der Waals surface area contributed by atoms with E-state index in [0.717, 1.165) is 16.8 Å². The van der Waals surface area contributed by atoms with Gasteiger partial charge in [-0.15, -0.1) is 0 Å². The summed E-state index contributed by atoms with van der Waals surface area (Å²) in [4.78, 5) is 15.8. The van der Waals surface area contributed by atoms with Gasteiger partial charge in [-0.3, -0.25) is 9.78 Å². The van der Waals surface area contributed by atoms with Gasteiger partial charge in [0.15, 0.2) is 0 Å². The Balaban J connectivity index is 2.36. The third-order valence-electron chi connectivity index (χ3n) is 4.01. The third kappa shape index (κ3) is 2.74. The Labute approximate surface area is 111 Å². The van der Waals surface area contributed by atoms with Crippen LogP contribution in [-0.4, -0.2) is 16.8 Å². The predicted octanol–water partition coefficient (Wildman–Crippen LogP) is 3.09. The minimum atomic E-state index is -2.57. The fraction of sp³-hybridized carbons (Fsp3) is 0.571. The number of amides is 1. The second-order valence-electron chi connectivity index (χ2n) is 5.29. The molecule has 0 unspecified atom stereocenters. The zero-order valence-electron chi connectivity index (χ0n) is 11.2. The van der Waals surface area contributed by atoms with Gasteiger partial charge in [0.2, 0.25) is 11.8 Å². The van der Waals surface area contributed by atoms with E-state index in [9.17, 15) is 13.6 Å². The lowest BCUT2D eigenvalue weighted by Crippen LogP contribution is -2.26. The minimum Gasteiger partial charge on any atom is -0.366 e. The molecule has 0 radical (unpaired) electrons. The van der Waals surface area contributed by atoms with Gasteiger partial charge in [-0.05, 0) is 43.7 Å². The van der Waals surface area contributed by atoms with Gasteiger partial charge in [0.1, 0.15) is 0 Å². The summed E-state index contributed by atoms with van der Waals surface area (Å²) in [6.45, 7) is 3.60. The van der Waals surface area contributed by atoms with Crippen LogP contribution in [-0.2, 0) is 0 Å². The maximum absolute atomic E-state index is 13.2. The second kappa shape index (κ2) is 4.87. The summed E-state index contributed by atoms with van der Waals surface area (Å²) in [5.41, 5.74) is 8.12. The molecule has 3 nitrogen and oxygen atoms in total. The van der Waals surface area contributed by atoms with Crippen molar-refractivity contribution in [1.82, 2.24) is 4.98 Å². The highest BCUT2D eigenvalue weighted by Gasteiger charge is 2.36. The quantitative estimate of drug-likeness (QED) is 0.896. The van der Waals surface area contributed by atoms with Crippen molar-refractivity contribution in [2.45, 2.75) is 51.4 Å². The molecule has 0 saturated heterocycles. The van der Waals surface area contributed by atoms with E-state index in [1.165, 1.54) is 0 Å². The molecule has 1 saturated carbocycles. The Bertz CT molecular complexity index is 504. The first-order chi connectivity index (χ1) is 8.82. The lowest BCUT2D eigenvalue weighted by atomic mass is 9.80. The normalized spacial score (nSPS) is 19.4. The molecule has 2 rings (SSSR count). The summed E-state index contributed by atoms with van der Waals surface area (Å²) in [5, 5.41) is 0. The molecule has 104 valence electrons. The Hall–Kier alpha value is -1.52.